The van der Waals surface area contributed by atoms with Crippen molar-refractivity contribution < 1.29 is 0 Å². The first kappa shape index (κ1) is 9.72. The van der Waals surface area contributed by atoms with Crippen LogP contribution in [-0.2, 0) is 0 Å². The van der Waals surface area contributed by atoms with Crippen LogP contribution in [0.2, 0.25) is 0 Å². The topological polar surface area (TPSA) is 3.24 Å². The standard InChI is InChI=1S/C13H19N/c1-11(2)14-9-8-13(10-14)12-6-4-3-5-7-12/h3-7,11,13H,8-10H2,1-2H3/t13-/m1/s1. The van der Waals surface area contributed by atoms with E-state index in [1.165, 1.54) is 25.1 Å². The Morgan fingerprint density at radius 1 is 1.21 bits per heavy atom. The fourth-order valence-electron chi connectivity index (χ4n) is 2.25. The first-order valence-corrected chi connectivity index (χ1v) is 5.56. The molecule has 0 aliphatic carbocycles. The molecule has 0 radical (unpaired) electrons. The summed E-state index contributed by atoms with van der Waals surface area (Å²) in [7, 11) is 0. The van der Waals surface area contributed by atoms with Crippen molar-refractivity contribution in [3.8, 4) is 0 Å². The van der Waals surface area contributed by atoms with E-state index in [4.69, 9.17) is 0 Å². The highest BCUT2D eigenvalue weighted by molar-refractivity contribution is 5.21. The molecule has 0 aromatic heterocycles. The number of hydrogen-bond donors (Lipinski definition) is 0. The molecule has 1 aromatic rings. The lowest BCUT2D eigenvalue weighted by molar-refractivity contribution is 0.272. The zero-order valence-electron chi connectivity index (χ0n) is 9.11. The van der Waals surface area contributed by atoms with Gasteiger partial charge in [-0.1, -0.05) is 30.3 Å². The molecule has 1 aliphatic heterocycles. The van der Waals surface area contributed by atoms with Gasteiger partial charge < -0.3 is 4.90 Å². The summed E-state index contributed by atoms with van der Waals surface area (Å²) >= 11 is 0. The molecule has 0 bridgehead atoms. The molecule has 0 spiro atoms. The minimum atomic E-state index is 0.698. The molecule has 76 valence electrons. The molecule has 0 N–H and O–H groups in total. The molecule has 14 heavy (non-hydrogen) atoms. The minimum absolute atomic E-state index is 0.698. The monoisotopic (exact) mass is 189 g/mol. The van der Waals surface area contributed by atoms with Crippen molar-refractivity contribution >= 4 is 0 Å². The van der Waals surface area contributed by atoms with Gasteiger partial charge in [0.15, 0.2) is 0 Å². The second-order valence-electron chi connectivity index (χ2n) is 4.48. The average Bonchev–Trinajstić information content (AvgIpc) is 2.68. The van der Waals surface area contributed by atoms with Gasteiger partial charge in [-0.05, 0) is 38.3 Å². The van der Waals surface area contributed by atoms with E-state index in [0.29, 0.717) is 6.04 Å². The van der Waals surface area contributed by atoms with E-state index in [9.17, 15) is 0 Å². The zero-order chi connectivity index (χ0) is 9.97. The quantitative estimate of drug-likeness (QED) is 0.691. The van der Waals surface area contributed by atoms with Crippen LogP contribution >= 0.6 is 0 Å². The summed E-state index contributed by atoms with van der Waals surface area (Å²) in [6.45, 7) is 7.07. The van der Waals surface area contributed by atoms with Crippen molar-refractivity contribution in [1.82, 2.24) is 4.90 Å². The van der Waals surface area contributed by atoms with Gasteiger partial charge in [-0.3, -0.25) is 0 Å². The maximum absolute atomic E-state index is 2.57. The van der Waals surface area contributed by atoms with Gasteiger partial charge in [0.1, 0.15) is 0 Å². The largest absolute Gasteiger partial charge is 0.300 e. The predicted molar refractivity (Wildman–Crippen MR) is 60.5 cm³/mol. The Morgan fingerprint density at radius 2 is 1.93 bits per heavy atom. The molecule has 1 aliphatic rings. The second-order valence-corrected chi connectivity index (χ2v) is 4.48. The van der Waals surface area contributed by atoms with Crippen LogP contribution in [0.3, 0.4) is 0 Å². The summed E-state index contributed by atoms with van der Waals surface area (Å²) in [5, 5.41) is 0. The van der Waals surface area contributed by atoms with Crippen LogP contribution in [0.4, 0.5) is 0 Å². The first-order valence-electron chi connectivity index (χ1n) is 5.56. The van der Waals surface area contributed by atoms with Crippen molar-refractivity contribution in [1.29, 1.82) is 0 Å². The summed E-state index contributed by atoms with van der Waals surface area (Å²) in [4.78, 5) is 2.57. The number of hydrogen-bond acceptors (Lipinski definition) is 1. The third kappa shape index (κ3) is 1.98. The summed E-state index contributed by atoms with van der Waals surface area (Å²) in [5.74, 6) is 0.763. The molecule has 1 saturated heterocycles. The van der Waals surface area contributed by atoms with Gasteiger partial charge in [0.05, 0.1) is 0 Å². The van der Waals surface area contributed by atoms with Crippen molar-refractivity contribution in [2.75, 3.05) is 13.1 Å². The fourth-order valence-corrected chi connectivity index (χ4v) is 2.25. The first-order chi connectivity index (χ1) is 6.77. The van der Waals surface area contributed by atoms with Gasteiger partial charge in [-0.2, -0.15) is 0 Å². The summed E-state index contributed by atoms with van der Waals surface area (Å²) < 4.78 is 0. The van der Waals surface area contributed by atoms with Crippen LogP contribution in [-0.4, -0.2) is 24.0 Å². The molecule has 0 unspecified atom stereocenters. The van der Waals surface area contributed by atoms with Crippen LogP contribution in [0, 0.1) is 0 Å². The van der Waals surface area contributed by atoms with E-state index in [1.54, 1.807) is 0 Å². The predicted octanol–water partition coefficient (Wildman–Crippen LogP) is 2.88. The number of benzene rings is 1. The second kappa shape index (κ2) is 4.14. The molecular weight excluding hydrogens is 170 g/mol. The van der Waals surface area contributed by atoms with E-state index in [2.05, 4.69) is 49.1 Å². The molecule has 2 rings (SSSR count). The van der Waals surface area contributed by atoms with E-state index < -0.39 is 0 Å². The number of nitrogens with zero attached hydrogens (tertiary/aromatic N) is 1. The molecule has 1 nitrogen and oxygen atoms in total. The Kier molecular flexibility index (Phi) is 2.87. The van der Waals surface area contributed by atoms with Crippen LogP contribution in [0.15, 0.2) is 30.3 Å². The molecule has 1 heterocycles. The Labute approximate surface area is 86.7 Å². The summed E-state index contributed by atoms with van der Waals surface area (Å²) in [6.07, 6.45) is 1.32. The van der Waals surface area contributed by atoms with E-state index in [1.807, 2.05) is 0 Å². The normalized spacial score (nSPS) is 23.2. The highest BCUT2D eigenvalue weighted by Crippen LogP contribution is 2.27. The summed E-state index contributed by atoms with van der Waals surface area (Å²) in [5.41, 5.74) is 1.51. The smallest absolute Gasteiger partial charge is 0.00535 e. The van der Waals surface area contributed by atoms with Crippen molar-refractivity contribution in [3.05, 3.63) is 35.9 Å². The lowest BCUT2D eigenvalue weighted by Crippen LogP contribution is -2.27. The van der Waals surface area contributed by atoms with Gasteiger partial charge in [0.2, 0.25) is 0 Å². The molecule has 1 heteroatoms. The van der Waals surface area contributed by atoms with E-state index in [0.717, 1.165) is 5.92 Å². The van der Waals surface area contributed by atoms with E-state index >= 15 is 0 Å². The van der Waals surface area contributed by atoms with Crippen LogP contribution in [0.25, 0.3) is 0 Å². The number of rotatable bonds is 2. The maximum atomic E-state index is 2.57. The lowest BCUT2D eigenvalue weighted by Gasteiger charge is -2.20. The van der Waals surface area contributed by atoms with Gasteiger partial charge in [0, 0.05) is 12.6 Å². The minimum Gasteiger partial charge on any atom is -0.300 e. The Hall–Kier alpha value is -0.820. The third-order valence-electron chi connectivity index (χ3n) is 3.22. The summed E-state index contributed by atoms with van der Waals surface area (Å²) in [6, 6.07) is 11.6. The van der Waals surface area contributed by atoms with Gasteiger partial charge in [0.25, 0.3) is 0 Å². The van der Waals surface area contributed by atoms with Crippen LogP contribution in [0.1, 0.15) is 31.7 Å². The molecule has 1 aromatic carbocycles. The molecule has 0 amide bonds. The van der Waals surface area contributed by atoms with Gasteiger partial charge >= 0.3 is 0 Å². The van der Waals surface area contributed by atoms with Gasteiger partial charge in [-0.15, -0.1) is 0 Å². The van der Waals surface area contributed by atoms with Crippen molar-refractivity contribution in [2.24, 2.45) is 0 Å². The third-order valence-corrected chi connectivity index (χ3v) is 3.22. The number of likely N-dealkylation sites (tertiary alicyclic amines) is 1. The SMILES string of the molecule is CC(C)N1CC[C@@H](c2ccccc2)C1. The lowest BCUT2D eigenvalue weighted by atomic mass is 9.99. The fraction of sp³-hybridized carbons (Fsp3) is 0.538. The molecular formula is C13H19N. The molecule has 1 fully saturated rings. The maximum Gasteiger partial charge on any atom is 0.00535 e. The highest BCUT2D eigenvalue weighted by atomic mass is 15.2. The Bertz CT molecular complexity index is 279. The van der Waals surface area contributed by atoms with Crippen molar-refractivity contribution in [2.45, 2.75) is 32.2 Å². The average molecular weight is 189 g/mol. The van der Waals surface area contributed by atoms with Crippen LogP contribution < -0.4 is 0 Å². The Morgan fingerprint density at radius 3 is 2.50 bits per heavy atom. The van der Waals surface area contributed by atoms with E-state index in [-0.39, 0.29) is 0 Å². The van der Waals surface area contributed by atoms with Crippen LogP contribution in [0.5, 0.6) is 0 Å². The Balaban J connectivity index is 2.03. The molecule has 1 atom stereocenters. The zero-order valence-corrected chi connectivity index (χ0v) is 9.11. The highest BCUT2D eigenvalue weighted by Gasteiger charge is 2.24. The van der Waals surface area contributed by atoms with Gasteiger partial charge in [-0.25, -0.2) is 0 Å². The molecule has 0 saturated carbocycles. The van der Waals surface area contributed by atoms with Crippen molar-refractivity contribution in [3.63, 3.8) is 0 Å².